The highest BCUT2D eigenvalue weighted by Crippen LogP contribution is 2.37. The van der Waals surface area contributed by atoms with Crippen molar-refractivity contribution < 1.29 is 10.2 Å². The Morgan fingerprint density at radius 3 is 1.81 bits per heavy atom. The van der Waals surface area contributed by atoms with E-state index < -0.39 is 0 Å². The van der Waals surface area contributed by atoms with Gasteiger partial charge in [-0.2, -0.15) is 0 Å². The van der Waals surface area contributed by atoms with Crippen molar-refractivity contribution >= 4 is 21.8 Å². The molecule has 0 aliphatic carbocycles. The molecule has 0 radical (unpaired) electrons. The summed E-state index contributed by atoms with van der Waals surface area (Å²) in [5, 5.41) is 22.2. The van der Waals surface area contributed by atoms with Crippen molar-refractivity contribution in [2.24, 2.45) is 0 Å². The number of fused-ring (bicyclic) bond motifs is 3. The van der Waals surface area contributed by atoms with Crippen LogP contribution in [-0.2, 0) is 0 Å². The van der Waals surface area contributed by atoms with Crippen molar-refractivity contribution in [1.29, 1.82) is 0 Å². The van der Waals surface area contributed by atoms with Gasteiger partial charge in [0.25, 0.3) is 0 Å². The van der Waals surface area contributed by atoms with Crippen molar-refractivity contribution in [3.8, 4) is 17.2 Å². The van der Waals surface area contributed by atoms with Crippen LogP contribution in [0.15, 0.2) is 66.7 Å². The zero-order valence-electron chi connectivity index (χ0n) is 11.2. The van der Waals surface area contributed by atoms with Crippen molar-refractivity contribution in [2.45, 2.75) is 0 Å². The molecule has 4 rings (SSSR count). The standard InChI is InChI=1S/C18H13NO2/c20-17-11-5-10-16(18(17)21)19-14-8-3-1-6-12(14)13-7-2-4-9-15(13)19/h1-11,20-21H. The number of para-hydroxylation sites is 3. The number of phenolic OH excluding ortho intramolecular Hbond substituents is 2. The van der Waals surface area contributed by atoms with Crippen LogP contribution in [0.4, 0.5) is 0 Å². The van der Waals surface area contributed by atoms with Crippen molar-refractivity contribution in [3.05, 3.63) is 66.7 Å². The minimum Gasteiger partial charge on any atom is -0.504 e. The van der Waals surface area contributed by atoms with Crippen LogP contribution >= 0.6 is 0 Å². The average Bonchev–Trinajstić information content (AvgIpc) is 2.85. The summed E-state index contributed by atoms with van der Waals surface area (Å²) in [5.74, 6) is -0.224. The lowest BCUT2D eigenvalue weighted by Gasteiger charge is -2.10. The lowest BCUT2D eigenvalue weighted by atomic mass is 10.2. The maximum Gasteiger partial charge on any atom is 0.182 e. The third-order valence-corrected chi connectivity index (χ3v) is 3.81. The Morgan fingerprint density at radius 1 is 0.619 bits per heavy atom. The predicted molar refractivity (Wildman–Crippen MR) is 84.1 cm³/mol. The zero-order chi connectivity index (χ0) is 14.4. The normalized spacial score (nSPS) is 11.2. The topological polar surface area (TPSA) is 45.4 Å². The van der Waals surface area contributed by atoms with E-state index in [0.717, 1.165) is 21.8 Å². The molecule has 21 heavy (non-hydrogen) atoms. The van der Waals surface area contributed by atoms with E-state index in [2.05, 4.69) is 12.1 Å². The Hall–Kier alpha value is -2.94. The van der Waals surface area contributed by atoms with E-state index in [1.54, 1.807) is 12.1 Å². The van der Waals surface area contributed by atoms with Gasteiger partial charge in [0, 0.05) is 10.8 Å². The van der Waals surface area contributed by atoms with Gasteiger partial charge in [-0.15, -0.1) is 0 Å². The van der Waals surface area contributed by atoms with Crippen LogP contribution in [0.5, 0.6) is 11.5 Å². The fraction of sp³-hybridized carbons (Fsp3) is 0. The molecule has 1 aromatic heterocycles. The molecule has 4 aromatic rings. The van der Waals surface area contributed by atoms with E-state index in [-0.39, 0.29) is 11.5 Å². The molecular weight excluding hydrogens is 262 g/mol. The zero-order valence-corrected chi connectivity index (χ0v) is 11.2. The summed E-state index contributed by atoms with van der Waals surface area (Å²) in [6.45, 7) is 0. The molecule has 0 unspecified atom stereocenters. The van der Waals surface area contributed by atoms with Crippen molar-refractivity contribution in [3.63, 3.8) is 0 Å². The van der Waals surface area contributed by atoms with Gasteiger partial charge >= 0.3 is 0 Å². The summed E-state index contributed by atoms with van der Waals surface area (Å²) >= 11 is 0. The molecule has 0 fully saturated rings. The van der Waals surface area contributed by atoms with Gasteiger partial charge in [-0.1, -0.05) is 42.5 Å². The van der Waals surface area contributed by atoms with Crippen LogP contribution < -0.4 is 0 Å². The first-order valence-electron chi connectivity index (χ1n) is 6.77. The Bertz CT molecular complexity index is 916. The molecule has 3 heteroatoms. The largest absolute Gasteiger partial charge is 0.504 e. The van der Waals surface area contributed by atoms with Gasteiger partial charge in [0.05, 0.1) is 16.7 Å². The number of hydrogen-bond acceptors (Lipinski definition) is 2. The Balaban J connectivity index is 2.23. The van der Waals surface area contributed by atoms with Crippen LogP contribution in [0, 0.1) is 0 Å². The summed E-state index contributed by atoms with van der Waals surface area (Å²) < 4.78 is 1.97. The molecule has 0 spiro atoms. The van der Waals surface area contributed by atoms with Crippen LogP contribution in [-0.4, -0.2) is 14.8 Å². The van der Waals surface area contributed by atoms with E-state index in [4.69, 9.17) is 0 Å². The van der Waals surface area contributed by atoms with Gasteiger partial charge in [-0.3, -0.25) is 0 Å². The predicted octanol–water partition coefficient (Wildman–Crippen LogP) is 4.19. The first-order chi connectivity index (χ1) is 10.3. The van der Waals surface area contributed by atoms with Gasteiger partial charge in [0.1, 0.15) is 0 Å². The number of aromatic nitrogens is 1. The Kier molecular flexibility index (Phi) is 2.42. The summed E-state index contributed by atoms with van der Waals surface area (Å²) in [7, 11) is 0. The first kappa shape index (κ1) is 11.9. The SMILES string of the molecule is Oc1cccc(-n2c3ccccc3c3ccccc32)c1O. The molecule has 2 N–H and O–H groups in total. The van der Waals surface area contributed by atoms with Crippen LogP contribution in [0.2, 0.25) is 0 Å². The fourth-order valence-corrected chi connectivity index (χ4v) is 2.88. The van der Waals surface area contributed by atoms with Gasteiger partial charge in [-0.25, -0.2) is 0 Å². The fourth-order valence-electron chi connectivity index (χ4n) is 2.88. The summed E-state index contributed by atoms with van der Waals surface area (Å²) in [6, 6.07) is 21.1. The third-order valence-electron chi connectivity index (χ3n) is 3.81. The van der Waals surface area contributed by atoms with Gasteiger partial charge in [-0.05, 0) is 24.3 Å². The highest BCUT2D eigenvalue weighted by Gasteiger charge is 2.15. The molecule has 0 amide bonds. The smallest absolute Gasteiger partial charge is 0.182 e. The molecule has 0 saturated heterocycles. The molecule has 0 aliphatic heterocycles. The molecule has 1 heterocycles. The summed E-state index contributed by atoms with van der Waals surface area (Å²) in [5.41, 5.74) is 2.58. The molecule has 0 bridgehead atoms. The summed E-state index contributed by atoms with van der Waals surface area (Å²) in [4.78, 5) is 0. The van der Waals surface area contributed by atoms with E-state index in [1.807, 2.05) is 41.0 Å². The Labute approximate surface area is 121 Å². The molecule has 0 saturated carbocycles. The van der Waals surface area contributed by atoms with E-state index in [1.165, 1.54) is 6.07 Å². The number of benzene rings is 3. The molecule has 0 aliphatic rings. The molecule has 3 aromatic carbocycles. The second-order valence-corrected chi connectivity index (χ2v) is 5.01. The minimum absolute atomic E-state index is 0.107. The van der Waals surface area contributed by atoms with Gasteiger partial charge < -0.3 is 14.8 Å². The third kappa shape index (κ3) is 1.61. The highest BCUT2D eigenvalue weighted by molar-refractivity contribution is 6.09. The van der Waals surface area contributed by atoms with Crippen molar-refractivity contribution in [1.82, 2.24) is 4.57 Å². The number of nitrogens with zero attached hydrogens (tertiary/aromatic N) is 1. The first-order valence-corrected chi connectivity index (χ1v) is 6.77. The second kappa shape index (κ2) is 4.28. The lowest BCUT2D eigenvalue weighted by molar-refractivity contribution is 0.402. The maximum absolute atomic E-state index is 10.2. The number of phenols is 2. The lowest BCUT2D eigenvalue weighted by Crippen LogP contribution is -1.94. The van der Waals surface area contributed by atoms with E-state index in [9.17, 15) is 10.2 Å². The molecule has 3 nitrogen and oxygen atoms in total. The van der Waals surface area contributed by atoms with Crippen LogP contribution in [0.25, 0.3) is 27.5 Å². The molecule has 102 valence electrons. The average molecular weight is 275 g/mol. The van der Waals surface area contributed by atoms with Gasteiger partial charge in [0.15, 0.2) is 11.5 Å². The quantitative estimate of drug-likeness (QED) is 0.511. The number of hydrogen-bond donors (Lipinski definition) is 2. The van der Waals surface area contributed by atoms with Crippen LogP contribution in [0.3, 0.4) is 0 Å². The van der Waals surface area contributed by atoms with Gasteiger partial charge in [0.2, 0.25) is 0 Å². The molecular formula is C18H13NO2. The van der Waals surface area contributed by atoms with Crippen molar-refractivity contribution in [2.75, 3.05) is 0 Å². The summed E-state index contributed by atoms with van der Waals surface area (Å²) in [6.07, 6.45) is 0. The minimum atomic E-state index is -0.116. The van der Waals surface area contributed by atoms with E-state index in [0.29, 0.717) is 5.69 Å². The molecule has 0 atom stereocenters. The number of aromatic hydroxyl groups is 2. The second-order valence-electron chi connectivity index (χ2n) is 5.01. The highest BCUT2D eigenvalue weighted by atomic mass is 16.3. The van der Waals surface area contributed by atoms with E-state index >= 15 is 0 Å². The number of rotatable bonds is 1. The monoisotopic (exact) mass is 275 g/mol. The Morgan fingerprint density at radius 2 is 1.19 bits per heavy atom. The maximum atomic E-state index is 10.2. The van der Waals surface area contributed by atoms with Crippen LogP contribution in [0.1, 0.15) is 0 Å².